The van der Waals surface area contributed by atoms with Crippen LogP contribution in [0.25, 0.3) is 0 Å². The molecule has 3 rings (SSSR count). The van der Waals surface area contributed by atoms with E-state index in [-0.39, 0.29) is 23.0 Å². The summed E-state index contributed by atoms with van der Waals surface area (Å²) in [6, 6.07) is 5.62. The molecule has 3 aromatic rings. The fourth-order valence-corrected chi connectivity index (χ4v) is 2.49. The average molecular weight is 384 g/mol. The molecule has 12 heteroatoms. The number of imidazole rings is 1. The van der Waals surface area contributed by atoms with Crippen molar-refractivity contribution in [3.05, 3.63) is 69.5 Å². The van der Waals surface area contributed by atoms with Crippen LogP contribution in [0.1, 0.15) is 6.42 Å². The summed E-state index contributed by atoms with van der Waals surface area (Å²) in [7, 11) is 0. The maximum absolute atomic E-state index is 11.6. The number of aryl methyl sites for hydroxylation is 1. The van der Waals surface area contributed by atoms with E-state index in [1.165, 1.54) is 24.5 Å². The Balaban J connectivity index is 1.74. The molecular weight excluding hydrogens is 368 g/mol. The molecular formula is C16H16N8O4. The Morgan fingerprint density at radius 2 is 1.93 bits per heavy atom. The van der Waals surface area contributed by atoms with Gasteiger partial charge in [0.2, 0.25) is 11.6 Å². The van der Waals surface area contributed by atoms with Gasteiger partial charge in [0.15, 0.2) is 0 Å². The number of rotatable bonds is 9. The standard InChI is InChI=1S/C16H16N8O4/c25-23(26)13-4-1-3-12(9-13)21-16-14(24(27)28)15(19-10-20-16)18-5-2-7-22-8-6-17-11-22/h1,3-4,6,8-11H,2,5,7H2,(H2,18,19,20,21). The number of non-ortho nitro benzene ring substituents is 1. The van der Waals surface area contributed by atoms with Crippen molar-refractivity contribution in [2.75, 3.05) is 17.2 Å². The predicted molar refractivity (Wildman–Crippen MR) is 100 cm³/mol. The molecule has 0 saturated heterocycles. The first-order chi connectivity index (χ1) is 13.5. The molecule has 28 heavy (non-hydrogen) atoms. The van der Waals surface area contributed by atoms with E-state index in [9.17, 15) is 20.2 Å². The van der Waals surface area contributed by atoms with Gasteiger partial charge in [0.1, 0.15) is 6.33 Å². The maximum atomic E-state index is 11.6. The lowest BCUT2D eigenvalue weighted by molar-refractivity contribution is -0.384. The third-order valence-corrected chi connectivity index (χ3v) is 3.77. The van der Waals surface area contributed by atoms with Gasteiger partial charge >= 0.3 is 5.69 Å². The van der Waals surface area contributed by atoms with Gasteiger partial charge in [0.25, 0.3) is 5.69 Å². The molecule has 0 aliphatic rings. The second-order valence-corrected chi connectivity index (χ2v) is 5.69. The molecule has 0 aliphatic carbocycles. The van der Waals surface area contributed by atoms with Gasteiger partial charge in [-0.2, -0.15) is 0 Å². The van der Waals surface area contributed by atoms with Crippen LogP contribution < -0.4 is 10.6 Å². The van der Waals surface area contributed by atoms with Crippen LogP contribution in [0.4, 0.5) is 28.7 Å². The molecule has 2 heterocycles. The fourth-order valence-electron chi connectivity index (χ4n) is 2.49. The summed E-state index contributed by atoms with van der Waals surface area (Å²) in [4.78, 5) is 33.1. The van der Waals surface area contributed by atoms with Crippen molar-refractivity contribution in [3.63, 3.8) is 0 Å². The minimum atomic E-state index is -0.599. The van der Waals surface area contributed by atoms with E-state index in [0.29, 0.717) is 25.2 Å². The SMILES string of the molecule is O=[N+]([O-])c1cccc(Nc2ncnc(NCCCn3ccnc3)c2[N+](=O)[O-])c1. The highest BCUT2D eigenvalue weighted by atomic mass is 16.6. The Hall–Kier alpha value is -4.09. The van der Waals surface area contributed by atoms with Crippen molar-refractivity contribution in [2.24, 2.45) is 0 Å². The fraction of sp³-hybridized carbons (Fsp3) is 0.188. The summed E-state index contributed by atoms with van der Waals surface area (Å²) < 4.78 is 1.89. The quantitative estimate of drug-likeness (QED) is 0.322. The largest absolute Gasteiger partial charge is 0.364 e. The average Bonchev–Trinajstić information content (AvgIpc) is 3.19. The van der Waals surface area contributed by atoms with E-state index in [0.717, 1.165) is 0 Å². The number of nitro groups is 2. The van der Waals surface area contributed by atoms with Crippen molar-refractivity contribution in [1.29, 1.82) is 0 Å². The van der Waals surface area contributed by atoms with Crippen molar-refractivity contribution in [3.8, 4) is 0 Å². The zero-order valence-corrected chi connectivity index (χ0v) is 14.6. The highest BCUT2D eigenvalue weighted by Gasteiger charge is 2.23. The molecule has 0 spiro atoms. The van der Waals surface area contributed by atoms with E-state index in [2.05, 4.69) is 25.6 Å². The third kappa shape index (κ3) is 4.55. The number of aromatic nitrogens is 4. The van der Waals surface area contributed by atoms with Gasteiger partial charge in [-0.3, -0.25) is 20.2 Å². The third-order valence-electron chi connectivity index (χ3n) is 3.77. The van der Waals surface area contributed by atoms with Crippen molar-refractivity contribution < 1.29 is 9.85 Å². The van der Waals surface area contributed by atoms with Crippen LogP contribution in [0.5, 0.6) is 0 Å². The lowest BCUT2D eigenvalue weighted by atomic mass is 10.2. The van der Waals surface area contributed by atoms with Crippen LogP contribution in [0.15, 0.2) is 49.3 Å². The maximum Gasteiger partial charge on any atom is 0.353 e. The van der Waals surface area contributed by atoms with E-state index >= 15 is 0 Å². The van der Waals surface area contributed by atoms with Gasteiger partial charge in [-0.15, -0.1) is 0 Å². The number of nitrogens with zero attached hydrogens (tertiary/aromatic N) is 6. The number of nitro benzene ring substituents is 1. The second kappa shape index (κ2) is 8.53. The first-order valence-electron chi connectivity index (χ1n) is 8.25. The molecule has 0 unspecified atom stereocenters. The van der Waals surface area contributed by atoms with Crippen molar-refractivity contribution >= 4 is 28.7 Å². The molecule has 0 aliphatic heterocycles. The number of hydrogen-bond donors (Lipinski definition) is 2. The highest BCUT2D eigenvalue weighted by molar-refractivity contribution is 5.74. The summed E-state index contributed by atoms with van der Waals surface area (Å²) in [5.41, 5.74) is -0.168. The minimum Gasteiger partial charge on any atom is -0.364 e. The monoisotopic (exact) mass is 384 g/mol. The van der Waals surface area contributed by atoms with E-state index in [1.807, 2.05) is 10.8 Å². The highest BCUT2D eigenvalue weighted by Crippen LogP contribution is 2.31. The van der Waals surface area contributed by atoms with Gasteiger partial charge < -0.3 is 15.2 Å². The molecule has 0 radical (unpaired) electrons. The van der Waals surface area contributed by atoms with Crippen LogP contribution in [0.2, 0.25) is 0 Å². The van der Waals surface area contributed by atoms with Crippen molar-refractivity contribution in [1.82, 2.24) is 19.5 Å². The summed E-state index contributed by atoms with van der Waals surface area (Å²) in [6.07, 6.45) is 7.08. The van der Waals surface area contributed by atoms with Gasteiger partial charge in [-0.1, -0.05) is 6.07 Å². The van der Waals surface area contributed by atoms with Crippen LogP contribution in [0, 0.1) is 20.2 Å². The van der Waals surface area contributed by atoms with Crippen LogP contribution in [0.3, 0.4) is 0 Å². The number of nitrogens with one attached hydrogen (secondary N) is 2. The molecule has 0 fully saturated rings. The predicted octanol–water partition coefficient (Wildman–Crippen LogP) is 2.74. The molecule has 0 atom stereocenters. The Bertz CT molecular complexity index is 977. The van der Waals surface area contributed by atoms with E-state index in [1.54, 1.807) is 18.6 Å². The summed E-state index contributed by atoms with van der Waals surface area (Å²) in [6.45, 7) is 1.15. The molecule has 2 N–H and O–H groups in total. The molecule has 2 aromatic heterocycles. The first-order valence-corrected chi connectivity index (χ1v) is 8.25. The smallest absolute Gasteiger partial charge is 0.353 e. The van der Waals surface area contributed by atoms with Gasteiger partial charge in [0, 0.05) is 43.3 Å². The van der Waals surface area contributed by atoms with Gasteiger partial charge in [-0.25, -0.2) is 15.0 Å². The molecule has 1 aromatic carbocycles. The molecule has 0 bridgehead atoms. The lowest BCUT2D eigenvalue weighted by Crippen LogP contribution is -2.10. The van der Waals surface area contributed by atoms with Crippen LogP contribution in [-0.4, -0.2) is 35.9 Å². The molecule has 0 amide bonds. The lowest BCUT2D eigenvalue weighted by Gasteiger charge is -2.10. The molecule has 0 saturated carbocycles. The topological polar surface area (TPSA) is 154 Å². The van der Waals surface area contributed by atoms with Crippen LogP contribution in [-0.2, 0) is 6.54 Å². The zero-order chi connectivity index (χ0) is 19.9. The molecule has 12 nitrogen and oxygen atoms in total. The van der Waals surface area contributed by atoms with Gasteiger partial charge in [-0.05, 0) is 12.5 Å². The van der Waals surface area contributed by atoms with Gasteiger partial charge in [0.05, 0.1) is 16.2 Å². The number of benzene rings is 1. The Labute approximate surface area is 158 Å². The van der Waals surface area contributed by atoms with E-state index in [4.69, 9.17) is 0 Å². The first kappa shape index (κ1) is 18.7. The minimum absolute atomic E-state index is 0.0578. The summed E-state index contributed by atoms with van der Waals surface area (Å²) >= 11 is 0. The Morgan fingerprint density at radius 1 is 1.11 bits per heavy atom. The normalized spacial score (nSPS) is 10.4. The zero-order valence-electron chi connectivity index (χ0n) is 14.6. The molecule has 144 valence electrons. The van der Waals surface area contributed by atoms with Crippen molar-refractivity contribution in [2.45, 2.75) is 13.0 Å². The number of anilines is 3. The summed E-state index contributed by atoms with van der Waals surface area (Å²) in [5.74, 6) is 0.0103. The second-order valence-electron chi connectivity index (χ2n) is 5.69. The van der Waals surface area contributed by atoms with E-state index < -0.39 is 9.85 Å². The summed E-state index contributed by atoms with van der Waals surface area (Å²) in [5, 5.41) is 28.1. The Morgan fingerprint density at radius 3 is 2.64 bits per heavy atom. The number of hydrogen-bond acceptors (Lipinski definition) is 9. The Kier molecular flexibility index (Phi) is 5.69. The van der Waals surface area contributed by atoms with Crippen LogP contribution >= 0.6 is 0 Å².